The molecule has 1 heterocycles. The number of H-pyrrole nitrogens is 1. The highest BCUT2D eigenvalue weighted by molar-refractivity contribution is 6.33. The molecular formula is C11H9ClFN3O. The predicted molar refractivity (Wildman–Crippen MR) is 62.7 cm³/mol. The van der Waals surface area contributed by atoms with Gasteiger partial charge in [-0.25, -0.2) is 0 Å². The number of amides is 1. The summed E-state index contributed by atoms with van der Waals surface area (Å²) in [7, 11) is 0. The largest absolute Gasteiger partial charge is 0.291 e. The summed E-state index contributed by atoms with van der Waals surface area (Å²) in [5.41, 5.74) is 0.547. The van der Waals surface area contributed by atoms with E-state index in [2.05, 4.69) is 10.2 Å². The van der Waals surface area contributed by atoms with Crippen molar-refractivity contribution in [1.29, 1.82) is 0 Å². The normalized spacial score (nSPS) is 10.3. The second-order valence-electron chi connectivity index (χ2n) is 3.42. The van der Waals surface area contributed by atoms with E-state index in [9.17, 15) is 9.28 Å². The van der Waals surface area contributed by atoms with Crippen LogP contribution in [-0.4, -0.2) is 16.1 Å². The number of carbonyl (C=O) groups is 1. The second kappa shape index (κ2) is 4.55. The molecular weight excluding hydrogens is 245 g/mol. The Morgan fingerprint density at radius 3 is 2.59 bits per heavy atom. The first-order chi connectivity index (χ1) is 8.11. The molecule has 6 heteroatoms. The highest BCUT2D eigenvalue weighted by Crippen LogP contribution is 2.22. The fourth-order valence-corrected chi connectivity index (χ4v) is 1.69. The lowest BCUT2D eigenvalue weighted by Gasteiger charge is -2.11. The van der Waals surface area contributed by atoms with Gasteiger partial charge in [-0.15, -0.1) is 5.12 Å². The Labute approximate surface area is 102 Å². The number of para-hydroxylation sites is 1. The molecule has 0 atom stereocenters. The van der Waals surface area contributed by atoms with Gasteiger partial charge in [-0.1, -0.05) is 34.3 Å². The zero-order chi connectivity index (χ0) is 12.4. The molecule has 0 unspecified atom stereocenters. The molecule has 1 amide bonds. The number of benzene rings is 1. The van der Waals surface area contributed by atoms with E-state index >= 15 is 0 Å². The molecule has 0 aliphatic rings. The van der Waals surface area contributed by atoms with Gasteiger partial charge in [0.2, 0.25) is 0 Å². The molecule has 88 valence electrons. The highest BCUT2D eigenvalue weighted by Gasteiger charge is 2.24. The third-order valence-corrected chi connectivity index (χ3v) is 2.55. The Bertz CT molecular complexity index is 521. The first-order valence-corrected chi connectivity index (χ1v) is 5.25. The number of aromatic nitrogens is 2. The van der Waals surface area contributed by atoms with E-state index in [1.165, 1.54) is 12.1 Å². The van der Waals surface area contributed by atoms with Gasteiger partial charge in [-0.2, -0.15) is 5.10 Å². The maximum atomic E-state index is 13.8. The number of anilines is 1. The van der Waals surface area contributed by atoms with Gasteiger partial charge in [0.15, 0.2) is 0 Å². The van der Waals surface area contributed by atoms with E-state index in [1.807, 2.05) is 0 Å². The molecule has 0 spiro atoms. The summed E-state index contributed by atoms with van der Waals surface area (Å²) in [5.74, 6) is -0.840. The number of nitrogens with one attached hydrogen (secondary N) is 1. The summed E-state index contributed by atoms with van der Waals surface area (Å²) in [4.78, 5) is 11.9. The summed E-state index contributed by atoms with van der Waals surface area (Å²) < 4.78 is 13.8. The number of rotatable bonds is 2. The smallest absolute Gasteiger partial charge is 0.266 e. The molecule has 4 nitrogen and oxygen atoms in total. The van der Waals surface area contributed by atoms with Crippen molar-refractivity contribution in [3.05, 3.63) is 46.7 Å². The van der Waals surface area contributed by atoms with Gasteiger partial charge in [0, 0.05) is 0 Å². The molecule has 1 N–H and O–H groups in total. The van der Waals surface area contributed by atoms with Crippen LogP contribution in [0.4, 0.5) is 10.2 Å². The summed E-state index contributed by atoms with van der Waals surface area (Å²) >= 11 is 5.74. The SMILES string of the molecule is Cc1n[nH]c(Cl)c1C(=O)N(F)c1ccccc1. The maximum Gasteiger partial charge on any atom is 0.291 e. The minimum atomic E-state index is -0.840. The van der Waals surface area contributed by atoms with E-state index in [-0.39, 0.29) is 21.5 Å². The third kappa shape index (κ3) is 2.14. The maximum absolute atomic E-state index is 13.8. The van der Waals surface area contributed by atoms with Gasteiger partial charge < -0.3 is 0 Å². The zero-order valence-electron chi connectivity index (χ0n) is 8.95. The van der Waals surface area contributed by atoms with E-state index in [0.29, 0.717) is 5.69 Å². The van der Waals surface area contributed by atoms with Crippen molar-refractivity contribution in [1.82, 2.24) is 10.2 Å². The van der Waals surface area contributed by atoms with E-state index < -0.39 is 5.91 Å². The molecule has 2 aromatic rings. The molecule has 2 rings (SSSR count). The number of aryl methyl sites for hydroxylation is 1. The van der Waals surface area contributed by atoms with Crippen LogP contribution in [0.3, 0.4) is 0 Å². The number of hydrogen-bond donors (Lipinski definition) is 1. The zero-order valence-corrected chi connectivity index (χ0v) is 9.70. The minimum Gasteiger partial charge on any atom is -0.266 e. The van der Waals surface area contributed by atoms with Gasteiger partial charge in [0.25, 0.3) is 5.91 Å². The van der Waals surface area contributed by atoms with Crippen LogP contribution < -0.4 is 5.12 Å². The fraction of sp³-hybridized carbons (Fsp3) is 0.0909. The molecule has 0 fully saturated rings. The quantitative estimate of drug-likeness (QED) is 0.837. The lowest BCUT2D eigenvalue weighted by atomic mass is 10.2. The average Bonchev–Trinajstić information content (AvgIpc) is 2.68. The van der Waals surface area contributed by atoms with Gasteiger partial charge in [-0.3, -0.25) is 9.89 Å². The lowest BCUT2D eigenvalue weighted by molar-refractivity contribution is 0.0931. The molecule has 0 bridgehead atoms. The molecule has 0 saturated heterocycles. The predicted octanol–water partition coefficient (Wildman–Crippen LogP) is 2.90. The van der Waals surface area contributed by atoms with Crippen LogP contribution in [0.1, 0.15) is 16.1 Å². The van der Waals surface area contributed by atoms with E-state index in [1.54, 1.807) is 25.1 Å². The van der Waals surface area contributed by atoms with Crippen LogP contribution in [0.5, 0.6) is 0 Å². The number of hydrogen-bond acceptors (Lipinski definition) is 2. The fourth-order valence-electron chi connectivity index (χ4n) is 1.43. The number of carbonyl (C=O) groups excluding carboxylic acids is 1. The van der Waals surface area contributed by atoms with Crippen molar-refractivity contribution in [3.63, 3.8) is 0 Å². The Morgan fingerprint density at radius 1 is 1.41 bits per heavy atom. The van der Waals surface area contributed by atoms with Gasteiger partial charge in [-0.05, 0) is 19.1 Å². The number of nitrogens with zero attached hydrogens (tertiary/aromatic N) is 2. The van der Waals surface area contributed by atoms with Crippen molar-refractivity contribution in [2.24, 2.45) is 0 Å². The molecule has 0 aliphatic carbocycles. The number of halogens is 2. The van der Waals surface area contributed by atoms with Gasteiger partial charge in [0.05, 0.1) is 11.4 Å². The third-order valence-electron chi connectivity index (χ3n) is 2.28. The first-order valence-electron chi connectivity index (χ1n) is 4.87. The van der Waals surface area contributed by atoms with Crippen molar-refractivity contribution in [2.45, 2.75) is 6.92 Å². The summed E-state index contributed by atoms with van der Waals surface area (Å²) in [6, 6.07) is 7.98. The van der Waals surface area contributed by atoms with E-state index in [4.69, 9.17) is 11.6 Å². The van der Waals surface area contributed by atoms with Gasteiger partial charge in [0.1, 0.15) is 10.7 Å². The average molecular weight is 254 g/mol. The standard InChI is InChI=1S/C11H9ClFN3O/c1-7-9(10(12)15-14-7)11(17)16(13)8-5-3-2-4-6-8/h2-6H,1H3,(H,14,15). The van der Waals surface area contributed by atoms with Crippen LogP contribution in [0.25, 0.3) is 0 Å². The number of aromatic amines is 1. The van der Waals surface area contributed by atoms with E-state index in [0.717, 1.165) is 0 Å². The summed E-state index contributed by atoms with van der Waals surface area (Å²) in [6.07, 6.45) is 0. The Balaban J connectivity index is 2.33. The molecule has 1 aromatic carbocycles. The Kier molecular flexibility index (Phi) is 3.10. The van der Waals surface area contributed by atoms with Crippen molar-refractivity contribution < 1.29 is 9.28 Å². The monoisotopic (exact) mass is 253 g/mol. The summed E-state index contributed by atoms with van der Waals surface area (Å²) in [5, 5.41) is 6.25. The van der Waals surface area contributed by atoms with Crippen LogP contribution in [0.2, 0.25) is 5.15 Å². The highest BCUT2D eigenvalue weighted by atomic mass is 35.5. The Hall–Kier alpha value is -1.88. The lowest BCUT2D eigenvalue weighted by Crippen LogP contribution is -2.22. The molecule has 0 aliphatic heterocycles. The van der Waals surface area contributed by atoms with Crippen LogP contribution in [0.15, 0.2) is 30.3 Å². The molecule has 0 radical (unpaired) electrons. The molecule has 1 aromatic heterocycles. The van der Waals surface area contributed by atoms with Crippen molar-refractivity contribution >= 4 is 23.2 Å². The van der Waals surface area contributed by atoms with Crippen molar-refractivity contribution in [3.8, 4) is 0 Å². The van der Waals surface area contributed by atoms with Crippen LogP contribution in [-0.2, 0) is 0 Å². The molecule has 0 saturated carbocycles. The first kappa shape index (κ1) is 11.6. The Morgan fingerprint density at radius 2 is 2.06 bits per heavy atom. The second-order valence-corrected chi connectivity index (χ2v) is 3.80. The minimum absolute atomic E-state index is 0.0334. The van der Waals surface area contributed by atoms with Crippen molar-refractivity contribution in [2.75, 3.05) is 5.12 Å². The molecule has 17 heavy (non-hydrogen) atoms. The van der Waals surface area contributed by atoms with Crippen LogP contribution in [0, 0.1) is 6.92 Å². The topological polar surface area (TPSA) is 49.0 Å². The summed E-state index contributed by atoms with van der Waals surface area (Å²) in [6.45, 7) is 1.58. The van der Waals surface area contributed by atoms with Gasteiger partial charge >= 0.3 is 0 Å². The van der Waals surface area contributed by atoms with Crippen LogP contribution >= 0.6 is 11.6 Å².